The molecule has 0 heterocycles. The number of halogens is 1. The number of amides is 1. The van der Waals surface area contributed by atoms with Crippen molar-refractivity contribution in [1.82, 2.24) is 4.72 Å². The van der Waals surface area contributed by atoms with Gasteiger partial charge in [0.1, 0.15) is 11.0 Å². The molecular weight excluding hydrogens is 366 g/mol. The molecule has 1 atom stereocenters. The molecule has 0 saturated carbocycles. The zero-order valence-electron chi connectivity index (χ0n) is 12.0. The summed E-state index contributed by atoms with van der Waals surface area (Å²) in [5.41, 5.74) is 0. The van der Waals surface area contributed by atoms with E-state index >= 15 is 0 Å². The van der Waals surface area contributed by atoms with Crippen molar-refractivity contribution in [2.24, 2.45) is 0 Å². The van der Waals surface area contributed by atoms with Crippen molar-refractivity contribution in [3.05, 3.63) is 16.6 Å². The van der Waals surface area contributed by atoms with Gasteiger partial charge >= 0.3 is 0 Å². The van der Waals surface area contributed by atoms with Crippen molar-refractivity contribution >= 4 is 31.9 Å². The second-order valence-corrected chi connectivity index (χ2v) is 6.49. The van der Waals surface area contributed by atoms with Gasteiger partial charge in [0.2, 0.25) is 0 Å². The van der Waals surface area contributed by atoms with Gasteiger partial charge in [-0.05, 0) is 28.9 Å². The highest BCUT2D eigenvalue weighted by atomic mass is 79.9. The lowest BCUT2D eigenvalue weighted by Gasteiger charge is -2.14. The molecule has 9 heteroatoms. The maximum atomic E-state index is 12.2. The van der Waals surface area contributed by atoms with Crippen LogP contribution in [-0.2, 0) is 19.6 Å². The van der Waals surface area contributed by atoms with E-state index < -0.39 is 22.0 Å². The van der Waals surface area contributed by atoms with E-state index in [-0.39, 0.29) is 15.1 Å². The van der Waals surface area contributed by atoms with Crippen LogP contribution in [0.4, 0.5) is 0 Å². The predicted molar refractivity (Wildman–Crippen MR) is 79.0 cm³/mol. The van der Waals surface area contributed by atoms with Crippen LogP contribution >= 0.6 is 15.9 Å². The average molecular weight is 382 g/mol. The molecule has 118 valence electrons. The van der Waals surface area contributed by atoms with Crippen LogP contribution in [0, 0.1) is 0 Å². The summed E-state index contributed by atoms with van der Waals surface area (Å²) in [6.07, 6.45) is -0.890. The summed E-state index contributed by atoms with van der Waals surface area (Å²) in [4.78, 5) is 11.5. The van der Waals surface area contributed by atoms with Gasteiger partial charge < -0.3 is 14.2 Å². The van der Waals surface area contributed by atoms with Gasteiger partial charge in [0.05, 0.1) is 14.2 Å². The Kier molecular flexibility index (Phi) is 5.99. The molecule has 0 spiro atoms. The molecule has 1 aromatic rings. The van der Waals surface area contributed by atoms with Crippen LogP contribution in [0.25, 0.3) is 0 Å². The van der Waals surface area contributed by atoms with E-state index in [4.69, 9.17) is 14.2 Å². The first kappa shape index (κ1) is 17.7. The zero-order chi connectivity index (χ0) is 16.2. The van der Waals surface area contributed by atoms with Crippen LogP contribution in [0.3, 0.4) is 0 Å². The Balaban J connectivity index is 3.23. The highest BCUT2D eigenvalue weighted by molar-refractivity contribution is 9.10. The molecule has 7 nitrogen and oxygen atoms in total. The predicted octanol–water partition coefficient (Wildman–Crippen LogP) is 1.31. The summed E-state index contributed by atoms with van der Waals surface area (Å²) >= 11 is 3.13. The van der Waals surface area contributed by atoms with Crippen molar-refractivity contribution in [3.8, 4) is 11.5 Å². The quantitative estimate of drug-likeness (QED) is 0.798. The molecule has 0 saturated heterocycles. The van der Waals surface area contributed by atoms with Gasteiger partial charge in [-0.15, -0.1) is 0 Å². The number of methoxy groups -OCH3 is 3. The van der Waals surface area contributed by atoms with E-state index in [2.05, 4.69) is 15.9 Å². The van der Waals surface area contributed by atoms with E-state index in [1.54, 1.807) is 0 Å². The number of benzene rings is 1. The number of sulfonamides is 1. The fourth-order valence-electron chi connectivity index (χ4n) is 1.42. The van der Waals surface area contributed by atoms with Gasteiger partial charge in [0.15, 0.2) is 11.5 Å². The molecule has 0 fully saturated rings. The maximum absolute atomic E-state index is 12.2. The molecule has 1 unspecified atom stereocenters. The first-order chi connectivity index (χ1) is 9.76. The standard InChI is InChI=1S/C12H16BrNO6S/c1-7(18-2)12(15)14-21(16,17)11-6-10(20-4)9(19-3)5-8(11)13/h5-7H,1-4H3,(H,14,15). The van der Waals surface area contributed by atoms with Crippen LogP contribution in [0.5, 0.6) is 11.5 Å². The average Bonchev–Trinajstić information content (AvgIpc) is 2.44. The third-order valence-electron chi connectivity index (χ3n) is 2.69. The van der Waals surface area contributed by atoms with Gasteiger partial charge in [-0.3, -0.25) is 4.79 Å². The van der Waals surface area contributed by atoms with Gasteiger partial charge in [-0.1, -0.05) is 0 Å². The Morgan fingerprint density at radius 1 is 1.19 bits per heavy atom. The maximum Gasteiger partial charge on any atom is 0.265 e. The SMILES string of the molecule is COc1cc(Br)c(S(=O)(=O)NC(=O)C(C)OC)cc1OC. The largest absolute Gasteiger partial charge is 0.493 e. The van der Waals surface area contributed by atoms with Crippen molar-refractivity contribution in [1.29, 1.82) is 0 Å². The molecule has 1 rings (SSSR count). The Bertz CT molecular complexity index is 631. The molecule has 0 radical (unpaired) electrons. The second-order valence-electron chi connectivity index (χ2n) is 3.99. The summed E-state index contributed by atoms with van der Waals surface area (Å²) in [6.45, 7) is 1.44. The Morgan fingerprint density at radius 2 is 1.71 bits per heavy atom. The molecule has 0 aliphatic heterocycles. The number of ether oxygens (including phenoxy) is 3. The molecule has 0 aliphatic rings. The number of nitrogens with one attached hydrogen (secondary N) is 1. The van der Waals surface area contributed by atoms with Crippen molar-refractivity contribution < 1.29 is 27.4 Å². The first-order valence-electron chi connectivity index (χ1n) is 5.77. The zero-order valence-corrected chi connectivity index (χ0v) is 14.4. The Morgan fingerprint density at radius 3 is 2.19 bits per heavy atom. The number of rotatable bonds is 6. The summed E-state index contributed by atoms with van der Waals surface area (Å²) in [6, 6.07) is 2.70. The van der Waals surface area contributed by atoms with Crippen molar-refractivity contribution in [3.63, 3.8) is 0 Å². The summed E-state index contributed by atoms with van der Waals surface area (Å²) < 4.78 is 41.5. The van der Waals surface area contributed by atoms with Gasteiger partial charge in [-0.2, -0.15) is 0 Å². The fraction of sp³-hybridized carbons (Fsp3) is 0.417. The van der Waals surface area contributed by atoms with Crippen LogP contribution in [0.2, 0.25) is 0 Å². The van der Waals surface area contributed by atoms with E-state index in [1.165, 1.54) is 40.4 Å². The van der Waals surface area contributed by atoms with Crippen LogP contribution in [0.15, 0.2) is 21.5 Å². The number of hydrogen-bond acceptors (Lipinski definition) is 6. The number of carbonyl (C=O) groups excluding carboxylic acids is 1. The number of carbonyl (C=O) groups is 1. The van der Waals surface area contributed by atoms with E-state index in [9.17, 15) is 13.2 Å². The van der Waals surface area contributed by atoms with Gasteiger partial charge in [0, 0.05) is 17.6 Å². The molecule has 0 aliphatic carbocycles. The molecule has 0 aromatic heterocycles. The molecular formula is C12H16BrNO6S. The summed E-state index contributed by atoms with van der Waals surface area (Å²) in [5.74, 6) is -0.174. The normalized spacial score (nSPS) is 12.6. The third kappa shape index (κ3) is 4.08. The topological polar surface area (TPSA) is 90.9 Å². The lowest BCUT2D eigenvalue weighted by atomic mass is 10.3. The summed E-state index contributed by atoms with van der Waals surface area (Å²) in [7, 11) is 0.0576. The molecule has 1 amide bonds. The molecule has 1 aromatic carbocycles. The lowest BCUT2D eigenvalue weighted by molar-refractivity contribution is -0.128. The second kappa shape index (κ2) is 7.10. The van der Waals surface area contributed by atoms with E-state index in [0.717, 1.165) is 0 Å². The highest BCUT2D eigenvalue weighted by Crippen LogP contribution is 2.35. The van der Waals surface area contributed by atoms with Crippen molar-refractivity contribution in [2.45, 2.75) is 17.9 Å². The van der Waals surface area contributed by atoms with Crippen LogP contribution in [-0.4, -0.2) is 41.8 Å². The minimum atomic E-state index is -4.06. The van der Waals surface area contributed by atoms with Crippen molar-refractivity contribution in [2.75, 3.05) is 21.3 Å². The van der Waals surface area contributed by atoms with Crippen LogP contribution in [0.1, 0.15) is 6.92 Å². The molecule has 21 heavy (non-hydrogen) atoms. The fourth-order valence-corrected chi connectivity index (χ4v) is 3.50. The lowest BCUT2D eigenvalue weighted by Crippen LogP contribution is -2.38. The van der Waals surface area contributed by atoms with Crippen LogP contribution < -0.4 is 14.2 Å². The Labute approximate surface area is 131 Å². The molecule has 0 bridgehead atoms. The summed E-state index contributed by atoms with van der Waals surface area (Å²) in [5, 5.41) is 0. The minimum absolute atomic E-state index is 0.142. The smallest absolute Gasteiger partial charge is 0.265 e. The number of hydrogen-bond donors (Lipinski definition) is 1. The van der Waals surface area contributed by atoms with Gasteiger partial charge in [0.25, 0.3) is 15.9 Å². The highest BCUT2D eigenvalue weighted by Gasteiger charge is 2.25. The third-order valence-corrected chi connectivity index (χ3v) is 4.99. The Hall–Kier alpha value is -1.32. The van der Waals surface area contributed by atoms with E-state index in [1.807, 2.05) is 4.72 Å². The minimum Gasteiger partial charge on any atom is -0.493 e. The van der Waals surface area contributed by atoms with E-state index in [0.29, 0.717) is 5.75 Å². The first-order valence-corrected chi connectivity index (χ1v) is 8.05. The van der Waals surface area contributed by atoms with Gasteiger partial charge in [-0.25, -0.2) is 13.1 Å². The monoisotopic (exact) mass is 381 g/mol. The molecule has 1 N–H and O–H groups in total.